The first-order chi connectivity index (χ1) is 10.2. The zero-order valence-electron chi connectivity index (χ0n) is 13.9. The van der Waals surface area contributed by atoms with E-state index in [-0.39, 0.29) is 0 Å². The van der Waals surface area contributed by atoms with Gasteiger partial charge in [-0.2, -0.15) is 0 Å². The first-order valence-electron chi connectivity index (χ1n) is 8.22. The third-order valence-electron chi connectivity index (χ3n) is 4.63. The lowest BCUT2D eigenvalue weighted by Crippen LogP contribution is -2.44. The molecule has 1 aliphatic carbocycles. The first-order valence-corrected chi connectivity index (χ1v) is 8.22. The molecule has 0 aliphatic heterocycles. The van der Waals surface area contributed by atoms with Crippen LogP contribution in [-0.4, -0.2) is 44.3 Å². The molecule has 0 aromatic heterocycles. The summed E-state index contributed by atoms with van der Waals surface area (Å²) >= 11 is 0. The second-order valence-electron chi connectivity index (χ2n) is 6.06. The van der Waals surface area contributed by atoms with Crippen LogP contribution in [0.15, 0.2) is 24.3 Å². The Bertz CT molecular complexity index is 414. The number of hydrogen-bond donors (Lipinski definition) is 1. The monoisotopic (exact) mass is 290 g/mol. The Labute approximate surface area is 129 Å². The molecule has 1 aromatic rings. The molecule has 3 nitrogen and oxygen atoms in total. The average molecular weight is 290 g/mol. The standard InChI is InChI=1S/C18H30N2O/c1-5-15-6-8-16(9-7-15)18(19-3)14(2)20(12-13-21-4)17-10-11-17/h6-9,14,17-19H,5,10-13H2,1-4H3. The summed E-state index contributed by atoms with van der Waals surface area (Å²) in [6, 6.07) is 10.7. The highest BCUT2D eigenvalue weighted by Crippen LogP contribution is 2.32. The molecular weight excluding hydrogens is 260 g/mol. The van der Waals surface area contributed by atoms with E-state index in [4.69, 9.17) is 4.74 Å². The molecule has 0 spiro atoms. The van der Waals surface area contributed by atoms with Gasteiger partial charge in [0, 0.05) is 31.8 Å². The smallest absolute Gasteiger partial charge is 0.0589 e. The molecule has 1 aromatic carbocycles. The topological polar surface area (TPSA) is 24.5 Å². The highest BCUT2D eigenvalue weighted by atomic mass is 16.5. The van der Waals surface area contributed by atoms with Crippen LogP contribution in [0.4, 0.5) is 0 Å². The van der Waals surface area contributed by atoms with Crippen molar-refractivity contribution in [2.24, 2.45) is 0 Å². The fraction of sp³-hybridized carbons (Fsp3) is 0.667. The summed E-state index contributed by atoms with van der Waals surface area (Å²) in [5.74, 6) is 0. The molecular formula is C18H30N2O. The number of likely N-dealkylation sites (N-methyl/N-ethyl adjacent to an activating group) is 1. The van der Waals surface area contributed by atoms with Gasteiger partial charge in [-0.25, -0.2) is 0 Å². The van der Waals surface area contributed by atoms with Crippen molar-refractivity contribution >= 4 is 0 Å². The van der Waals surface area contributed by atoms with Crippen molar-refractivity contribution in [2.75, 3.05) is 27.3 Å². The number of hydrogen-bond acceptors (Lipinski definition) is 3. The molecule has 1 fully saturated rings. The molecule has 3 heteroatoms. The highest BCUT2D eigenvalue weighted by molar-refractivity contribution is 5.26. The van der Waals surface area contributed by atoms with Gasteiger partial charge in [0.05, 0.1) is 6.61 Å². The van der Waals surface area contributed by atoms with Gasteiger partial charge in [-0.05, 0) is 44.4 Å². The molecule has 0 radical (unpaired) electrons. The zero-order chi connectivity index (χ0) is 15.2. The summed E-state index contributed by atoms with van der Waals surface area (Å²) in [5.41, 5.74) is 2.78. The van der Waals surface area contributed by atoms with Gasteiger partial charge in [-0.1, -0.05) is 31.2 Å². The number of rotatable bonds is 9. The van der Waals surface area contributed by atoms with Crippen LogP contribution in [0.5, 0.6) is 0 Å². The van der Waals surface area contributed by atoms with Crippen LogP contribution in [0.3, 0.4) is 0 Å². The zero-order valence-corrected chi connectivity index (χ0v) is 13.9. The molecule has 0 heterocycles. The predicted octanol–water partition coefficient (Wildman–Crippen LogP) is 3.01. The van der Waals surface area contributed by atoms with Crippen LogP contribution >= 0.6 is 0 Å². The SMILES string of the molecule is CCc1ccc(C(NC)C(C)N(CCOC)C2CC2)cc1. The Hall–Kier alpha value is -0.900. The largest absolute Gasteiger partial charge is 0.383 e. The fourth-order valence-electron chi connectivity index (χ4n) is 3.16. The van der Waals surface area contributed by atoms with E-state index in [0.29, 0.717) is 12.1 Å². The van der Waals surface area contributed by atoms with Crippen LogP contribution in [0.1, 0.15) is 43.9 Å². The second kappa shape index (κ2) is 7.92. The predicted molar refractivity (Wildman–Crippen MR) is 88.7 cm³/mol. The lowest BCUT2D eigenvalue weighted by atomic mass is 9.97. The number of nitrogens with one attached hydrogen (secondary N) is 1. The Kier molecular flexibility index (Phi) is 6.22. The maximum atomic E-state index is 5.29. The van der Waals surface area contributed by atoms with E-state index in [0.717, 1.165) is 25.6 Å². The van der Waals surface area contributed by atoms with E-state index in [1.165, 1.54) is 24.0 Å². The molecule has 1 saturated carbocycles. The summed E-state index contributed by atoms with van der Waals surface area (Å²) < 4.78 is 5.29. The number of benzene rings is 1. The molecule has 2 rings (SSSR count). The van der Waals surface area contributed by atoms with E-state index in [9.17, 15) is 0 Å². The van der Waals surface area contributed by atoms with E-state index in [1.807, 2.05) is 0 Å². The van der Waals surface area contributed by atoms with Crippen molar-refractivity contribution in [2.45, 2.75) is 51.2 Å². The molecule has 0 amide bonds. The summed E-state index contributed by atoms with van der Waals surface area (Å²) in [6.07, 6.45) is 3.76. The summed E-state index contributed by atoms with van der Waals surface area (Å²) in [6.45, 7) is 6.37. The van der Waals surface area contributed by atoms with E-state index in [2.05, 4.69) is 55.4 Å². The van der Waals surface area contributed by atoms with Crippen molar-refractivity contribution in [3.8, 4) is 0 Å². The van der Waals surface area contributed by atoms with Gasteiger partial charge < -0.3 is 10.1 Å². The Morgan fingerprint density at radius 3 is 2.43 bits per heavy atom. The number of ether oxygens (including phenoxy) is 1. The second-order valence-corrected chi connectivity index (χ2v) is 6.06. The third-order valence-corrected chi connectivity index (χ3v) is 4.63. The van der Waals surface area contributed by atoms with Crippen molar-refractivity contribution < 1.29 is 4.74 Å². The normalized spacial score (nSPS) is 18.0. The van der Waals surface area contributed by atoms with Crippen molar-refractivity contribution in [1.29, 1.82) is 0 Å². The number of methoxy groups -OCH3 is 1. The van der Waals surface area contributed by atoms with Crippen LogP contribution in [0.2, 0.25) is 0 Å². The maximum absolute atomic E-state index is 5.29. The summed E-state index contributed by atoms with van der Waals surface area (Å²) in [4.78, 5) is 2.61. The van der Waals surface area contributed by atoms with E-state index in [1.54, 1.807) is 7.11 Å². The van der Waals surface area contributed by atoms with Gasteiger partial charge in [0.25, 0.3) is 0 Å². The van der Waals surface area contributed by atoms with Crippen molar-refractivity contribution in [3.63, 3.8) is 0 Å². The molecule has 0 saturated heterocycles. The number of aryl methyl sites for hydroxylation is 1. The summed E-state index contributed by atoms with van der Waals surface area (Å²) in [7, 11) is 3.85. The van der Waals surface area contributed by atoms with Crippen molar-refractivity contribution in [1.82, 2.24) is 10.2 Å². The van der Waals surface area contributed by atoms with Crippen LogP contribution in [0.25, 0.3) is 0 Å². The van der Waals surface area contributed by atoms with Crippen LogP contribution < -0.4 is 5.32 Å². The lowest BCUT2D eigenvalue weighted by Gasteiger charge is -2.35. The Balaban J connectivity index is 2.09. The van der Waals surface area contributed by atoms with Crippen molar-refractivity contribution in [3.05, 3.63) is 35.4 Å². The molecule has 2 atom stereocenters. The molecule has 21 heavy (non-hydrogen) atoms. The van der Waals surface area contributed by atoms with E-state index < -0.39 is 0 Å². The van der Waals surface area contributed by atoms with Gasteiger partial charge in [-0.3, -0.25) is 4.90 Å². The molecule has 2 unspecified atom stereocenters. The van der Waals surface area contributed by atoms with Crippen LogP contribution in [0, 0.1) is 0 Å². The third kappa shape index (κ3) is 4.29. The lowest BCUT2D eigenvalue weighted by molar-refractivity contribution is 0.104. The first kappa shape index (κ1) is 16.5. The van der Waals surface area contributed by atoms with E-state index >= 15 is 0 Å². The Morgan fingerprint density at radius 1 is 1.29 bits per heavy atom. The Morgan fingerprint density at radius 2 is 1.95 bits per heavy atom. The summed E-state index contributed by atoms with van der Waals surface area (Å²) in [5, 5.41) is 3.51. The minimum atomic E-state index is 0.369. The van der Waals surface area contributed by atoms with Gasteiger partial charge >= 0.3 is 0 Å². The fourth-order valence-corrected chi connectivity index (χ4v) is 3.16. The van der Waals surface area contributed by atoms with Gasteiger partial charge in [0.15, 0.2) is 0 Å². The quantitative estimate of drug-likeness (QED) is 0.756. The van der Waals surface area contributed by atoms with Gasteiger partial charge in [0.2, 0.25) is 0 Å². The molecule has 1 aliphatic rings. The number of nitrogens with zero attached hydrogens (tertiary/aromatic N) is 1. The minimum Gasteiger partial charge on any atom is -0.383 e. The minimum absolute atomic E-state index is 0.369. The maximum Gasteiger partial charge on any atom is 0.0589 e. The van der Waals surface area contributed by atoms with Gasteiger partial charge in [-0.15, -0.1) is 0 Å². The van der Waals surface area contributed by atoms with Crippen LogP contribution in [-0.2, 0) is 11.2 Å². The highest BCUT2D eigenvalue weighted by Gasteiger charge is 2.35. The molecule has 118 valence electrons. The molecule has 0 bridgehead atoms. The van der Waals surface area contributed by atoms with Gasteiger partial charge in [0.1, 0.15) is 0 Å². The molecule has 1 N–H and O–H groups in total. The average Bonchev–Trinajstić information content (AvgIpc) is 3.34.